The second-order valence-electron chi connectivity index (χ2n) is 7.28. The molecular formula is C24H26N2O3. The van der Waals surface area contributed by atoms with Gasteiger partial charge < -0.3 is 14.4 Å². The quantitative estimate of drug-likeness (QED) is 0.664. The van der Waals surface area contributed by atoms with Crippen LogP contribution in [0.15, 0.2) is 60.7 Å². The van der Waals surface area contributed by atoms with Crippen molar-refractivity contribution in [1.82, 2.24) is 9.80 Å². The summed E-state index contributed by atoms with van der Waals surface area (Å²) in [5.74, 6) is 1.24. The molecule has 150 valence electrons. The maximum Gasteiger partial charge on any atom is 0.254 e. The van der Waals surface area contributed by atoms with Crippen molar-refractivity contribution in [2.75, 3.05) is 40.4 Å². The Kier molecular flexibility index (Phi) is 5.67. The van der Waals surface area contributed by atoms with E-state index in [1.165, 1.54) is 16.3 Å². The zero-order valence-electron chi connectivity index (χ0n) is 16.9. The number of amides is 1. The molecule has 0 radical (unpaired) electrons. The predicted octanol–water partition coefficient (Wildman–Crippen LogP) is 3.82. The molecule has 5 heteroatoms. The van der Waals surface area contributed by atoms with Crippen LogP contribution in [0, 0.1) is 0 Å². The molecule has 29 heavy (non-hydrogen) atoms. The van der Waals surface area contributed by atoms with Gasteiger partial charge in [-0.3, -0.25) is 9.69 Å². The molecule has 5 nitrogen and oxygen atoms in total. The third-order valence-corrected chi connectivity index (χ3v) is 5.56. The average molecular weight is 390 g/mol. The molecule has 0 saturated carbocycles. The van der Waals surface area contributed by atoms with Gasteiger partial charge >= 0.3 is 0 Å². The Labute approximate surface area is 171 Å². The number of carbonyl (C=O) groups excluding carboxylic acids is 1. The molecule has 3 aromatic rings. The fourth-order valence-electron chi connectivity index (χ4n) is 3.93. The summed E-state index contributed by atoms with van der Waals surface area (Å²) in [6.07, 6.45) is 0. The molecular weight excluding hydrogens is 364 g/mol. The summed E-state index contributed by atoms with van der Waals surface area (Å²) in [6, 6.07) is 20.3. The highest BCUT2D eigenvalue weighted by molar-refractivity contribution is 5.95. The zero-order chi connectivity index (χ0) is 20.2. The SMILES string of the molecule is COc1ccc(C(=O)N2CCN(Cc3cccc4ccccc34)CC2)cc1OC. The van der Waals surface area contributed by atoms with Gasteiger partial charge in [-0.1, -0.05) is 42.5 Å². The van der Waals surface area contributed by atoms with E-state index in [0.29, 0.717) is 17.1 Å². The van der Waals surface area contributed by atoms with Crippen molar-refractivity contribution < 1.29 is 14.3 Å². The lowest BCUT2D eigenvalue weighted by Crippen LogP contribution is -2.48. The van der Waals surface area contributed by atoms with Crippen molar-refractivity contribution in [2.24, 2.45) is 0 Å². The van der Waals surface area contributed by atoms with Crippen molar-refractivity contribution in [3.8, 4) is 11.5 Å². The van der Waals surface area contributed by atoms with Crippen LogP contribution < -0.4 is 9.47 Å². The van der Waals surface area contributed by atoms with E-state index in [1.54, 1.807) is 32.4 Å². The zero-order valence-corrected chi connectivity index (χ0v) is 16.9. The van der Waals surface area contributed by atoms with Crippen LogP contribution in [0.1, 0.15) is 15.9 Å². The lowest BCUT2D eigenvalue weighted by atomic mass is 10.0. The Hall–Kier alpha value is -3.05. The first-order valence-corrected chi connectivity index (χ1v) is 9.90. The molecule has 1 amide bonds. The second kappa shape index (κ2) is 8.53. The maximum atomic E-state index is 12.9. The standard InChI is InChI=1S/C24H26N2O3/c1-28-22-11-10-19(16-23(22)29-2)24(27)26-14-12-25(13-15-26)17-20-8-5-7-18-6-3-4-9-21(18)20/h3-11,16H,12-15,17H2,1-2H3. The van der Waals surface area contributed by atoms with Gasteiger partial charge in [-0.15, -0.1) is 0 Å². The van der Waals surface area contributed by atoms with Crippen LogP contribution in [0.5, 0.6) is 11.5 Å². The summed E-state index contributed by atoms with van der Waals surface area (Å²) in [7, 11) is 3.17. The first-order chi connectivity index (χ1) is 14.2. The van der Waals surface area contributed by atoms with Crippen LogP contribution in [0.25, 0.3) is 10.8 Å². The number of nitrogens with zero attached hydrogens (tertiary/aromatic N) is 2. The third-order valence-electron chi connectivity index (χ3n) is 5.56. The highest BCUT2D eigenvalue weighted by Gasteiger charge is 2.23. The molecule has 0 aliphatic carbocycles. The summed E-state index contributed by atoms with van der Waals surface area (Å²) >= 11 is 0. The van der Waals surface area contributed by atoms with E-state index in [0.717, 1.165) is 32.7 Å². The number of piperazine rings is 1. The fraction of sp³-hybridized carbons (Fsp3) is 0.292. The summed E-state index contributed by atoms with van der Waals surface area (Å²) < 4.78 is 10.6. The third kappa shape index (κ3) is 4.05. The smallest absolute Gasteiger partial charge is 0.254 e. The summed E-state index contributed by atoms with van der Waals surface area (Å²) in [4.78, 5) is 17.3. The minimum absolute atomic E-state index is 0.0377. The highest BCUT2D eigenvalue weighted by Crippen LogP contribution is 2.28. The number of benzene rings is 3. The van der Waals surface area contributed by atoms with Crippen molar-refractivity contribution in [3.05, 3.63) is 71.8 Å². The van der Waals surface area contributed by atoms with Crippen LogP contribution in [0.4, 0.5) is 0 Å². The molecule has 1 heterocycles. The van der Waals surface area contributed by atoms with Gasteiger partial charge in [-0.25, -0.2) is 0 Å². The lowest BCUT2D eigenvalue weighted by molar-refractivity contribution is 0.0628. The molecule has 4 rings (SSSR count). The molecule has 0 atom stereocenters. The highest BCUT2D eigenvalue weighted by atomic mass is 16.5. The second-order valence-corrected chi connectivity index (χ2v) is 7.28. The van der Waals surface area contributed by atoms with Crippen molar-refractivity contribution in [3.63, 3.8) is 0 Å². The first-order valence-electron chi connectivity index (χ1n) is 9.90. The van der Waals surface area contributed by atoms with E-state index in [4.69, 9.17) is 9.47 Å². The molecule has 0 unspecified atom stereocenters. The normalized spacial score (nSPS) is 14.8. The van der Waals surface area contributed by atoms with Gasteiger partial charge in [0.15, 0.2) is 11.5 Å². The fourth-order valence-corrected chi connectivity index (χ4v) is 3.93. The number of methoxy groups -OCH3 is 2. The van der Waals surface area contributed by atoms with Gasteiger partial charge in [0.1, 0.15) is 0 Å². The Bertz CT molecular complexity index is 1000. The van der Waals surface area contributed by atoms with Gasteiger partial charge in [0.05, 0.1) is 14.2 Å². The van der Waals surface area contributed by atoms with Gasteiger partial charge in [-0.2, -0.15) is 0 Å². The van der Waals surface area contributed by atoms with Crippen LogP contribution in [0.3, 0.4) is 0 Å². The summed E-state index contributed by atoms with van der Waals surface area (Å²) in [6.45, 7) is 4.07. The van der Waals surface area contributed by atoms with Gasteiger partial charge in [0, 0.05) is 38.3 Å². The monoisotopic (exact) mass is 390 g/mol. The Morgan fingerprint density at radius 2 is 1.59 bits per heavy atom. The van der Waals surface area contributed by atoms with Gasteiger partial charge in [-0.05, 0) is 34.5 Å². The van der Waals surface area contributed by atoms with Gasteiger partial charge in [0.25, 0.3) is 5.91 Å². The van der Waals surface area contributed by atoms with Crippen LogP contribution >= 0.6 is 0 Å². The minimum atomic E-state index is 0.0377. The number of fused-ring (bicyclic) bond motifs is 1. The summed E-state index contributed by atoms with van der Waals surface area (Å²) in [5, 5.41) is 2.58. The maximum absolute atomic E-state index is 12.9. The molecule has 3 aromatic carbocycles. The molecule has 0 aromatic heterocycles. The van der Waals surface area contributed by atoms with Gasteiger partial charge in [0.2, 0.25) is 0 Å². The van der Waals surface area contributed by atoms with E-state index in [1.807, 2.05) is 4.90 Å². The molecule has 1 saturated heterocycles. The van der Waals surface area contributed by atoms with Crippen LogP contribution in [-0.4, -0.2) is 56.1 Å². The van der Waals surface area contributed by atoms with Crippen LogP contribution in [-0.2, 0) is 6.54 Å². The van der Waals surface area contributed by atoms with Crippen molar-refractivity contribution in [1.29, 1.82) is 0 Å². The lowest BCUT2D eigenvalue weighted by Gasteiger charge is -2.35. The topological polar surface area (TPSA) is 42.0 Å². The largest absolute Gasteiger partial charge is 0.493 e. The molecule has 0 N–H and O–H groups in total. The number of hydrogen-bond acceptors (Lipinski definition) is 4. The number of carbonyl (C=O) groups is 1. The molecule has 0 spiro atoms. The summed E-state index contributed by atoms with van der Waals surface area (Å²) in [5.41, 5.74) is 1.97. The molecule has 0 bridgehead atoms. The van der Waals surface area contributed by atoms with E-state index >= 15 is 0 Å². The Morgan fingerprint density at radius 1 is 0.862 bits per heavy atom. The number of hydrogen-bond donors (Lipinski definition) is 0. The number of rotatable bonds is 5. The van der Waals surface area contributed by atoms with E-state index in [9.17, 15) is 4.79 Å². The molecule has 1 fully saturated rings. The average Bonchev–Trinajstić information content (AvgIpc) is 2.79. The number of ether oxygens (including phenoxy) is 2. The van der Waals surface area contributed by atoms with Crippen LogP contribution in [0.2, 0.25) is 0 Å². The van der Waals surface area contributed by atoms with Crippen molar-refractivity contribution in [2.45, 2.75) is 6.54 Å². The van der Waals surface area contributed by atoms with E-state index in [2.05, 4.69) is 47.4 Å². The molecule has 1 aliphatic rings. The van der Waals surface area contributed by atoms with E-state index < -0.39 is 0 Å². The Balaban J connectivity index is 1.41. The predicted molar refractivity (Wildman–Crippen MR) is 115 cm³/mol. The first kappa shape index (κ1) is 19.3. The van der Waals surface area contributed by atoms with Crippen molar-refractivity contribution >= 4 is 16.7 Å². The Morgan fingerprint density at radius 3 is 2.34 bits per heavy atom. The van der Waals surface area contributed by atoms with E-state index in [-0.39, 0.29) is 5.91 Å². The molecule has 1 aliphatic heterocycles. The minimum Gasteiger partial charge on any atom is -0.493 e.